The fourth-order valence-corrected chi connectivity index (χ4v) is 3.74. The standard InChI is InChI=1S/C23H27ClN4O3/c1-16-6-3-9-20(17(16)2)25-23(31)26-21(29)15-27-10-5-11-28(13-12-27)22(30)18-7-4-8-19(24)14-18/h3-4,6-9,14H,5,10-13,15H2,1-2H3,(H2,25,26,29,31). The van der Waals surface area contributed by atoms with E-state index in [-0.39, 0.29) is 18.4 Å². The lowest BCUT2D eigenvalue weighted by molar-refractivity contribution is -0.121. The summed E-state index contributed by atoms with van der Waals surface area (Å²) in [5.41, 5.74) is 3.25. The Morgan fingerprint density at radius 1 is 1.00 bits per heavy atom. The summed E-state index contributed by atoms with van der Waals surface area (Å²) in [4.78, 5) is 41.0. The first-order valence-corrected chi connectivity index (χ1v) is 10.7. The largest absolute Gasteiger partial charge is 0.337 e. The van der Waals surface area contributed by atoms with E-state index >= 15 is 0 Å². The van der Waals surface area contributed by atoms with Gasteiger partial charge in [-0.2, -0.15) is 0 Å². The highest BCUT2D eigenvalue weighted by Gasteiger charge is 2.22. The number of carbonyl (C=O) groups excluding carboxylic acids is 3. The van der Waals surface area contributed by atoms with Crippen molar-refractivity contribution in [3.8, 4) is 0 Å². The van der Waals surface area contributed by atoms with Crippen LogP contribution in [0.15, 0.2) is 42.5 Å². The number of hydrogen-bond acceptors (Lipinski definition) is 4. The number of anilines is 1. The molecule has 7 nitrogen and oxygen atoms in total. The topological polar surface area (TPSA) is 81.8 Å². The molecule has 164 valence electrons. The molecule has 8 heteroatoms. The van der Waals surface area contributed by atoms with Crippen molar-refractivity contribution in [2.24, 2.45) is 0 Å². The molecule has 0 unspecified atom stereocenters. The number of imide groups is 1. The minimum atomic E-state index is -0.550. The summed E-state index contributed by atoms with van der Waals surface area (Å²) in [5.74, 6) is -0.445. The van der Waals surface area contributed by atoms with Crippen LogP contribution < -0.4 is 10.6 Å². The second kappa shape index (κ2) is 10.4. The molecule has 2 aromatic carbocycles. The lowest BCUT2D eigenvalue weighted by Crippen LogP contribution is -2.43. The van der Waals surface area contributed by atoms with Crippen molar-refractivity contribution >= 4 is 35.1 Å². The Hall–Kier alpha value is -2.90. The quantitative estimate of drug-likeness (QED) is 0.759. The lowest BCUT2D eigenvalue weighted by Gasteiger charge is -2.22. The first-order chi connectivity index (χ1) is 14.8. The molecule has 4 amide bonds. The van der Waals surface area contributed by atoms with Gasteiger partial charge in [0.15, 0.2) is 0 Å². The van der Waals surface area contributed by atoms with Crippen LogP contribution in [-0.2, 0) is 4.79 Å². The predicted molar refractivity (Wildman–Crippen MR) is 121 cm³/mol. The highest BCUT2D eigenvalue weighted by molar-refractivity contribution is 6.30. The van der Waals surface area contributed by atoms with Crippen LogP contribution in [0.4, 0.5) is 10.5 Å². The molecule has 1 fully saturated rings. The smallest absolute Gasteiger partial charge is 0.325 e. The maximum atomic E-state index is 12.7. The molecule has 2 N–H and O–H groups in total. The van der Waals surface area contributed by atoms with Crippen molar-refractivity contribution in [1.82, 2.24) is 15.1 Å². The summed E-state index contributed by atoms with van der Waals surface area (Å²) in [5, 5.41) is 5.63. The highest BCUT2D eigenvalue weighted by atomic mass is 35.5. The van der Waals surface area contributed by atoms with E-state index in [4.69, 9.17) is 11.6 Å². The molecule has 3 rings (SSSR count). The fraction of sp³-hybridized carbons (Fsp3) is 0.348. The first kappa shape index (κ1) is 22.8. The Balaban J connectivity index is 1.49. The van der Waals surface area contributed by atoms with Gasteiger partial charge in [-0.15, -0.1) is 0 Å². The number of carbonyl (C=O) groups is 3. The summed E-state index contributed by atoms with van der Waals surface area (Å²) in [6.45, 7) is 6.32. The third kappa shape index (κ3) is 6.29. The molecular formula is C23H27ClN4O3. The normalized spacial score (nSPS) is 14.6. The van der Waals surface area contributed by atoms with Gasteiger partial charge in [-0.3, -0.25) is 19.8 Å². The second-order valence-corrected chi connectivity index (χ2v) is 8.12. The summed E-state index contributed by atoms with van der Waals surface area (Å²) in [7, 11) is 0. The Bertz CT molecular complexity index is 979. The van der Waals surface area contributed by atoms with Gasteiger partial charge in [0.05, 0.1) is 6.54 Å². The van der Waals surface area contributed by atoms with Crippen molar-refractivity contribution in [3.63, 3.8) is 0 Å². The highest BCUT2D eigenvalue weighted by Crippen LogP contribution is 2.18. The predicted octanol–water partition coefficient (Wildman–Crippen LogP) is 3.45. The Kier molecular flexibility index (Phi) is 7.65. The van der Waals surface area contributed by atoms with E-state index in [2.05, 4.69) is 10.6 Å². The maximum Gasteiger partial charge on any atom is 0.325 e. The number of rotatable bonds is 4. The monoisotopic (exact) mass is 442 g/mol. The average Bonchev–Trinajstić information content (AvgIpc) is 2.96. The van der Waals surface area contributed by atoms with Crippen molar-refractivity contribution in [1.29, 1.82) is 0 Å². The van der Waals surface area contributed by atoms with Gasteiger partial charge in [0, 0.05) is 42.5 Å². The molecule has 2 aromatic rings. The number of nitrogens with one attached hydrogen (secondary N) is 2. The number of hydrogen-bond donors (Lipinski definition) is 2. The van der Waals surface area contributed by atoms with Crippen LogP contribution in [0.5, 0.6) is 0 Å². The molecule has 1 aliphatic rings. The van der Waals surface area contributed by atoms with Crippen LogP contribution >= 0.6 is 11.6 Å². The SMILES string of the molecule is Cc1cccc(NC(=O)NC(=O)CN2CCCN(C(=O)c3cccc(Cl)c3)CC2)c1C. The summed E-state index contributed by atoms with van der Waals surface area (Å²) >= 11 is 5.99. The second-order valence-electron chi connectivity index (χ2n) is 7.68. The van der Waals surface area contributed by atoms with E-state index in [1.165, 1.54) is 0 Å². The molecule has 0 aliphatic carbocycles. The van der Waals surface area contributed by atoms with E-state index in [1.54, 1.807) is 35.2 Å². The van der Waals surface area contributed by atoms with Crippen molar-refractivity contribution in [2.75, 3.05) is 38.0 Å². The van der Waals surface area contributed by atoms with Gasteiger partial charge in [-0.25, -0.2) is 4.79 Å². The molecule has 0 aromatic heterocycles. The molecule has 1 heterocycles. The van der Waals surface area contributed by atoms with Gasteiger partial charge in [0.2, 0.25) is 5.91 Å². The average molecular weight is 443 g/mol. The zero-order valence-electron chi connectivity index (χ0n) is 17.8. The number of aryl methyl sites for hydroxylation is 1. The van der Waals surface area contributed by atoms with Gasteiger partial charge in [0.25, 0.3) is 5.91 Å². The Morgan fingerprint density at radius 3 is 2.55 bits per heavy atom. The van der Waals surface area contributed by atoms with Crippen LogP contribution in [0.3, 0.4) is 0 Å². The summed E-state index contributed by atoms with van der Waals surface area (Å²) < 4.78 is 0. The maximum absolute atomic E-state index is 12.7. The zero-order valence-corrected chi connectivity index (χ0v) is 18.5. The van der Waals surface area contributed by atoms with Gasteiger partial charge in [-0.05, 0) is 55.7 Å². The minimum Gasteiger partial charge on any atom is -0.337 e. The van der Waals surface area contributed by atoms with Gasteiger partial charge < -0.3 is 10.2 Å². The number of nitrogens with zero attached hydrogens (tertiary/aromatic N) is 2. The van der Waals surface area contributed by atoms with E-state index < -0.39 is 6.03 Å². The van der Waals surface area contributed by atoms with E-state index in [0.29, 0.717) is 42.5 Å². The molecule has 0 saturated carbocycles. The van der Waals surface area contributed by atoms with E-state index in [0.717, 1.165) is 17.5 Å². The lowest BCUT2D eigenvalue weighted by atomic mass is 10.1. The molecule has 1 aliphatic heterocycles. The molecule has 0 radical (unpaired) electrons. The molecule has 0 spiro atoms. The van der Waals surface area contributed by atoms with Crippen molar-refractivity contribution in [2.45, 2.75) is 20.3 Å². The van der Waals surface area contributed by atoms with Crippen molar-refractivity contribution < 1.29 is 14.4 Å². The fourth-order valence-electron chi connectivity index (χ4n) is 3.55. The van der Waals surface area contributed by atoms with Gasteiger partial charge in [-0.1, -0.05) is 29.8 Å². The number of amides is 4. The van der Waals surface area contributed by atoms with Crippen LogP contribution in [0.25, 0.3) is 0 Å². The Morgan fingerprint density at radius 2 is 1.77 bits per heavy atom. The van der Waals surface area contributed by atoms with E-state index in [1.807, 2.05) is 30.9 Å². The number of benzene rings is 2. The number of urea groups is 1. The van der Waals surface area contributed by atoms with Crippen LogP contribution in [0.1, 0.15) is 27.9 Å². The van der Waals surface area contributed by atoms with Crippen LogP contribution in [-0.4, -0.2) is 60.4 Å². The van der Waals surface area contributed by atoms with Gasteiger partial charge >= 0.3 is 6.03 Å². The zero-order chi connectivity index (χ0) is 22.4. The molecular weight excluding hydrogens is 416 g/mol. The van der Waals surface area contributed by atoms with E-state index in [9.17, 15) is 14.4 Å². The summed E-state index contributed by atoms with van der Waals surface area (Å²) in [6.07, 6.45) is 0.744. The first-order valence-electron chi connectivity index (χ1n) is 10.3. The number of halogens is 1. The molecule has 1 saturated heterocycles. The minimum absolute atomic E-state index is 0.0679. The van der Waals surface area contributed by atoms with Gasteiger partial charge in [0.1, 0.15) is 0 Å². The van der Waals surface area contributed by atoms with Crippen molar-refractivity contribution in [3.05, 3.63) is 64.2 Å². The molecule has 0 bridgehead atoms. The third-order valence-electron chi connectivity index (χ3n) is 5.42. The Labute approximate surface area is 187 Å². The van der Waals surface area contributed by atoms with Crippen LogP contribution in [0.2, 0.25) is 5.02 Å². The molecule has 31 heavy (non-hydrogen) atoms. The summed E-state index contributed by atoms with van der Waals surface area (Å²) in [6, 6.07) is 12.0. The molecule has 0 atom stereocenters. The van der Waals surface area contributed by atoms with Crippen LogP contribution in [0, 0.1) is 13.8 Å². The third-order valence-corrected chi connectivity index (χ3v) is 5.66.